The van der Waals surface area contributed by atoms with E-state index in [0.717, 1.165) is 38.8 Å². The lowest BCUT2D eigenvalue weighted by atomic mass is 9.96. The molecule has 1 heterocycles. The minimum Gasteiger partial charge on any atom is -0.208 e. The van der Waals surface area contributed by atoms with Gasteiger partial charge in [0.2, 0.25) is 0 Å². The molecule has 0 unspecified atom stereocenters. The van der Waals surface area contributed by atoms with Gasteiger partial charge in [-0.15, -0.1) is 0 Å². The van der Waals surface area contributed by atoms with E-state index in [-0.39, 0.29) is 0 Å². The molecule has 3 heteroatoms. The van der Waals surface area contributed by atoms with Gasteiger partial charge in [0.15, 0.2) is 17.5 Å². The van der Waals surface area contributed by atoms with Crippen LogP contribution in [0.15, 0.2) is 188 Å². The molecule has 0 saturated heterocycles. The van der Waals surface area contributed by atoms with Gasteiger partial charge in [-0.25, -0.2) is 15.0 Å². The van der Waals surface area contributed by atoms with E-state index >= 15 is 0 Å². The van der Waals surface area contributed by atoms with Crippen LogP contribution in [0.25, 0.3) is 99.5 Å². The molecule has 0 N–H and O–H groups in total. The molecule has 0 aliphatic rings. The van der Waals surface area contributed by atoms with Crippen LogP contribution in [0.4, 0.5) is 0 Å². The van der Waals surface area contributed by atoms with Crippen LogP contribution in [-0.2, 0) is 0 Å². The summed E-state index contributed by atoms with van der Waals surface area (Å²) in [5.41, 5.74) is 7.42. The van der Waals surface area contributed by atoms with Gasteiger partial charge in [-0.3, -0.25) is 0 Å². The quantitative estimate of drug-likeness (QED) is 0.172. The third-order valence-electron chi connectivity index (χ3n) is 10.1. The summed E-state index contributed by atoms with van der Waals surface area (Å²) in [4.78, 5) is 15.3. The van der Waals surface area contributed by atoms with Crippen molar-refractivity contribution in [2.24, 2.45) is 0 Å². The summed E-state index contributed by atoms with van der Waals surface area (Å²) >= 11 is 0. The minimum atomic E-state index is 0.639. The van der Waals surface area contributed by atoms with Crippen molar-refractivity contribution in [3.63, 3.8) is 0 Å². The SMILES string of the molecule is c1ccc(-c2cccc(-c3nc(-c4ccc(-c5ccc6ccccc6c5)cc4)nc(-c4ccc5c(ccc6c7ccccc7ccc56)c4)n3)c2)cc1. The second kappa shape index (κ2) is 12.4. The Morgan fingerprint density at radius 2 is 0.654 bits per heavy atom. The first-order valence-electron chi connectivity index (χ1n) is 17.6. The lowest BCUT2D eigenvalue weighted by Gasteiger charge is -2.12. The number of benzene rings is 9. The molecule has 242 valence electrons. The summed E-state index contributed by atoms with van der Waals surface area (Å²) < 4.78 is 0. The highest BCUT2D eigenvalue weighted by Crippen LogP contribution is 2.35. The average molecular weight is 662 g/mol. The minimum absolute atomic E-state index is 0.639. The summed E-state index contributed by atoms with van der Waals surface area (Å²) in [5, 5.41) is 9.83. The molecule has 0 radical (unpaired) electrons. The number of hydrogen-bond donors (Lipinski definition) is 0. The van der Waals surface area contributed by atoms with E-state index in [4.69, 9.17) is 15.0 Å². The van der Waals surface area contributed by atoms with E-state index in [1.54, 1.807) is 0 Å². The summed E-state index contributed by atoms with van der Waals surface area (Å²) in [7, 11) is 0. The van der Waals surface area contributed by atoms with Crippen molar-refractivity contribution in [1.82, 2.24) is 15.0 Å². The van der Waals surface area contributed by atoms with E-state index in [9.17, 15) is 0 Å². The summed E-state index contributed by atoms with van der Waals surface area (Å²) in [5.74, 6) is 1.92. The Balaban J connectivity index is 1.10. The number of nitrogens with zero attached hydrogens (tertiary/aromatic N) is 3. The van der Waals surface area contributed by atoms with E-state index in [0.29, 0.717) is 17.5 Å². The first-order valence-corrected chi connectivity index (χ1v) is 17.6. The Hall–Kier alpha value is -6.97. The van der Waals surface area contributed by atoms with Crippen LogP contribution in [0, 0.1) is 0 Å². The fraction of sp³-hybridized carbons (Fsp3) is 0. The second-order valence-electron chi connectivity index (χ2n) is 13.3. The Morgan fingerprint density at radius 1 is 0.212 bits per heavy atom. The Labute approximate surface area is 301 Å². The molecule has 9 aromatic carbocycles. The predicted octanol–water partition coefficient (Wildman–Crippen LogP) is 12.8. The van der Waals surface area contributed by atoms with Crippen molar-refractivity contribution < 1.29 is 0 Å². The van der Waals surface area contributed by atoms with Gasteiger partial charge in [0.25, 0.3) is 0 Å². The van der Waals surface area contributed by atoms with E-state index in [1.165, 1.54) is 43.3 Å². The molecule has 0 atom stereocenters. The van der Waals surface area contributed by atoms with Gasteiger partial charge in [0, 0.05) is 16.7 Å². The zero-order valence-corrected chi connectivity index (χ0v) is 28.2. The molecule has 0 bridgehead atoms. The highest BCUT2D eigenvalue weighted by molar-refractivity contribution is 6.17. The van der Waals surface area contributed by atoms with Crippen molar-refractivity contribution in [3.05, 3.63) is 188 Å². The molecule has 0 spiro atoms. The molecular formula is C49H31N3. The smallest absolute Gasteiger partial charge is 0.164 e. The highest BCUT2D eigenvalue weighted by atomic mass is 15.0. The van der Waals surface area contributed by atoms with Crippen LogP contribution in [0.3, 0.4) is 0 Å². The topological polar surface area (TPSA) is 38.7 Å². The number of hydrogen-bond acceptors (Lipinski definition) is 3. The van der Waals surface area contributed by atoms with E-state index in [1.807, 2.05) is 6.07 Å². The molecule has 0 fully saturated rings. The lowest BCUT2D eigenvalue weighted by Crippen LogP contribution is -2.00. The zero-order valence-electron chi connectivity index (χ0n) is 28.2. The fourth-order valence-electron chi connectivity index (χ4n) is 7.38. The molecule has 0 amide bonds. The molecule has 10 rings (SSSR count). The van der Waals surface area contributed by atoms with Crippen LogP contribution < -0.4 is 0 Å². The van der Waals surface area contributed by atoms with Gasteiger partial charge in [-0.05, 0) is 83.5 Å². The van der Waals surface area contributed by atoms with Gasteiger partial charge in [0.1, 0.15) is 0 Å². The molecule has 52 heavy (non-hydrogen) atoms. The molecule has 0 aliphatic carbocycles. The van der Waals surface area contributed by atoms with Crippen molar-refractivity contribution >= 4 is 43.1 Å². The van der Waals surface area contributed by atoms with Crippen molar-refractivity contribution in [1.29, 1.82) is 0 Å². The third kappa shape index (κ3) is 5.37. The lowest BCUT2D eigenvalue weighted by molar-refractivity contribution is 1.07. The summed E-state index contributed by atoms with van der Waals surface area (Å²) in [6.45, 7) is 0. The van der Waals surface area contributed by atoms with Gasteiger partial charge in [0.05, 0.1) is 0 Å². The summed E-state index contributed by atoms with van der Waals surface area (Å²) in [6, 6.07) is 66.5. The standard InChI is InChI=1S/C49H31N3/c1-2-9-32(10-3-1)38-14-8-15-41(30-38)48-50-47(36-20-17-34(18-21-36)39-22-19-33-11-4-5-13-37(33)29-39)51-49(52-48)42-25-26-44-40(31-42)24-28-45-43-16-7-6-12-35(43)23-27-46(44)45/h1-31H. The van der Waals surface area contributed by atoms with Gasteiger partial charge in [-0.2, -0.15) is 0 Å². The van der Waals surface area contributed by atoms with Crippen LogP contribution in [0.1, 0.15) is 0 Å². The normalized spacial score (nSPS) is 11.5. The summed E-state index contributed by atoms with van der Waals surface area (Å²) in [6.07, 6.45) is 0. The molecule has 1 aromatic heterocycles. The fourth-order valence-corrected chi connectivity index (χ4v) is 7.38. The van der Waals surface area contributed by atoms with Gasteiger partial charge < -0.3 is 0 Å². The Kier molecular flexibility index (Phi) is 7.14. The van der Waals surface area contributed by atoms with Crippen LogP contribution >= 0.6 is 0 Å². The van der Waals surface area contributed by atoms with Gasteiger partial charge >= 0.3 is 0 Å². The van der Waals surface area contributed by atoms with Crippen molar-refractivity contribution in [2.45, 2.75) is 0 Å². The van der Waals surface area contributed by atoms with Crippen molar-refractivity contribution in [3.8, 4) is 56.4 Å². The molecule has 0 aliphatic heterocycles. The number of fused-ring (bicyclic) bond motifs is 6. The maximum atomic E-state index is 5.12. The van der Waals surface area contributed by atoms with E-state index < -0.39 is 0 Å². The highest BCUT2D eigenvalue weighted by Gasteiger charge is 2.15. The van der Waals surface area contributed by atoms with Crippen LogP contribution in [0.5, 0.6) is 0 Å². The second-order valence-corrected chi connectivity index (χ2v) is 13.3. The van der Waals surface area contributed by atoms with Gasteiger partial charge in [-0.1, -0.05) is 170 Å². The molecule has 0 saturated carbocycles. The maximum Gasteiger partial charge on any atom is 0.164 e. The van der Waals surface area contributed by atoms with Crippen LogP contribution in [-0.4, -0.2) is 15.0 Å². The largest absolute Gasteiger partial charge is 0.208 e. The zero-order chi connectivity index (χ0) is 34.4. The Morgan fingerprint density at radius 3 is 1.44 bits per heavy atom. The number of aromatic nitrogens is 3. The van der Waals surface area contributed by atoms with E-state index in [2.05, 4.69) is 182 Å². The molecule has 10 aromatic rings. The average Bonchev–Trinajstić information content (AvgIpc) is 3.23. The first kappa shape index (κ1) is 29.9. The monoisotopic (exact) mass is 661 g/mol. The Bertz CT molecular complexity index is 2950. The van der Waals surface area contributed by atoms with Crippen molar-refractivity contribution in [2.75, 3.05) is 0 Å². The first-order chi connectivity index (χ1) is 25.7. The predicted molar refractivity (Wildman–Crippen MR) is 217 cm³/mol. The molecular weight excluding hydrogens is 631 g/mol. The number of rotatable bonds is 5. The van der Waals surface area contributed by atoms with Crippen LogP contribution in [0.2, 0.25) is 0 Å². The third-order valence-corrected chi connectivity index (χ3v) is 10.1. The maximum absolute atomic E-state index is 5.12. The molecule has 3 nitrogen and oxygen atoms in total.